The second-order valence-electron chi connectivity index (χ2n) is 24.7. The average molecular weight is 1400 g/mol. The van der Waals surface area contributed by atoms with Crippen LogP contribution in [0, 0.1) is 0 Å². The molecular weight excluding hydrogens is 1270 g/mol. The molecule has 4 N–H and O–H groups in total. The number of phosphoric ester groups is 2. The Bertz CT molecular complexity index is 2300. The van der Waals surface area contributed by atoms with Gasteiger partial charge >= 0.3 is 33.6 Å². The molecule has 0 heterocycles. The van der Waals surface area contributed by atoms with E-state index in [1.807, 2.05) is 0 Å². The minimum Gasteiger partial charge on any atom is -0.463 e. The summed E-state index contributed by atoms with van der Waals surface area (Å²) in [5, 5.41) is 20.6. The predicted octanol–water partition coefficient (Wildman–Crippen LogP) is 21.5. The molecule has 0 amide bonds. The third-order valence-electron chi connectivity index (χ3n) is 15.3. The Morgan fingerprint density at radius 3 is 0.866 bits per heavy atom. The predicted molar refractivity (Wildman–Crippen MR) is 399 cm³/mol. The Morgan fingerprint density at radius 2 is 0.546 bits per heavy atom. The smallest absolute Gasteiger partial charge is 0.463 e. The second-order valence-corrected chi connectivity index (χ2v) is 27.6. The molecule has 0 aliphatic heterocycles. The second kappa shape index (κ2) is 71.5. The van der Waals surface area contributed by atoms with E-state index in [9.17, 15) is 43.5 Å². The van der Waals surface area contributed by atoms with Crippen molar-refractivity contribution in [1.82, 2.24) is 0 Å². The van der Waals surface area contributed by atoms with Crippen molar-refractivity contribution < 1.29 is 75.8 Å². The standard InChI is InChI=1S/C79H134O16P2/c1-4-7-10-13-16-19-22-25-28-30-32-34-36-38-40-42-45-47-50-53-56-59-62-65-77(82)89-68-74(80)69-91-96(85,86)92-70-75(81)71-93-97(87,88)94-73-76(95-79(84)67-64-61-58-55-52-49-44-27-24-21-18-15-12-9-6-3)72-90-78(83)66-63-60-57-54-51-48-46-43-41-39-37-35-33-31-29-26-23-20-17-14-11-8-5-2/h9,12,16-21,25-29,32-35,38-41,44,74-76,80-81H,4-8,10-11,13-15,22-24,30-31,36-37,42-43,45-73H2,1-3H3,(H,85,86)(H,87,88)/b12-9-,19-16-,20-17-,21-18-,28-25-,29-26-,34-32-,35-33-,40-38-,41-39-,44-27-. The number of aliphatic hydroxyl groups excluding tert-OH is 2. The zero-order valence-electron chi connectivity index (χ0n) is 60.5. The summed E-state index contributed by atoms with van der Waals surface area (Å²) in [6, 6.07) is 0. The van der Waals surface area contributed by atoms with Crippen LogP contribution in [0.4, 0.5) is 0 Å². The minimum atomic E-state index is -4.94. The number of esters is 3. The first-order chi connectivity index (χ1) is 47.2. The summed E-state index contributed by atoms with van der Waals surface area (Å²) >= 11 is 0. The SMILES string of the molecule is CC/C=C\C/C=C\C/C=C\CCCCCCCC(=O)OC(COC(=O)CCCCCCCCC/C=C\C/C=C\C/C=C\C/C=C\CCCCC)COP(=O)(O)OCC(O)COP(=O)(O)OCC(O)COC(=O)CCCCCCCCC/C=C\C/C=C\C/C=C\C/C=C\CCCCC. The molecule has 97 heavy (non-hydrogen) atoms. The number of unbranched alkanes of at least 4 members (excludes halogenated alkanes) is 25. The number of allylic oxidation sites excluding steroid dienone is 22. The molecule has 0 aromatic carbocycles. The Kier molecular flexibility index (Phi) is 68.3. The Morgan fingerprint density at radius 1 is 0.299 bits per heavy atom. The lowest BCUT2D eigenvalue weighted by atomic mass is 10.1. The van der Waals surface area contributed by atoms with Gasteiger partial charge in [0.05, 0.1) is 26.4 Å². The lowest BCUT2D eigenvalue weighted by Gasteiger charge is -2.21. The van der Waals surface area contributed by atoms with Gasteiger partial charge in [-0.05, 0) is 141 Å². The van der Waals surface area contributed by atoms with Crippen LogP contribution in [-0.4, -0.2) is 95.9 Å². The molecule has 16 nitrogen and oxygen atoms in total. The molecule has 0 radical (unpaired) electrons. The summed E-state index contributed by atoms with van der Waals surface area (Å²) in [5.74, 6) is -1.62. The van der Waals surface area contributed by atoms with Crippen molar-refractivity contribution in [1.29, 1.82) is 0 Å². The average Bonchev–Trinajstić information content (AvgIpc) is 2.10. The summed E-state index contributed by atoms with van der Waals surface area (Å²) in [7, 11) is -9.80. The minimum absolute atomic E-state index is 0.0785. The fourth-order valence-electron chi connectivity index (χ4n) is 9.61. The molecule has 18 heteroatoms. The van der Waals surface area contributed by atoms with Gasteiger partial charge in [-0.2, -0.15) is 0 Å². The van der Waals surface area contributed by atoms with E-state index < -0.39 is 91.5 Å². The summed E-state index contributed by atoms with van der Waals surface area (Å²) < 4.78 is 61.0. The monoisotopic (exact) mass is 1400 g/mol. The molecule has 0 aromatic rings. The largest absolute Gasteiger partial charge is 0.472 e. The molecule has 0 aliphatic rings. The molecule has 0 rings (SSSR count). The van der Waals surface area contributed by atoms with E-state index in [4.69, 9.17) is 32.3 Å². The highest BCUT2D eigenvalue weighted by Crippen LogP contribution is 2.45. The first kappa shape index (κ1) is 92.7. The number of rotatable bonds is 70. The van der Waals surface area contributed by atoms with Crippen LogP contribution < -0.4 is 0 Å². The highest BCUT2D eigenvalue weighted by atomic mass is 31.2. The van der Waals surface area contributed by atoms with Crippen molar-refractivity contribution in [2.45, 2.75) is 309 Å². The van der Waals surface area contributed by atoms with Gasteiger partial charge in [0.25, 0.3) is 0 Å². The Hall–Kier alpha value is -4.31. The third kappa shape index (κ3) is 72.8. The van der Waals surface area contributed by atoms with Gasteiger partial charge in [0.15, 0.2) is 6.10 Å². The molecule has 0 saturated heterocycles. The van der Waals surface area contributed by atoms with Crippen LogP contribution in [-0.2, 0) is 55.8 Å². The Balaban J connectivity index is 4.67. The van der Waals surface area contributed by atoms with Gasteiger partial charge in [-0.25, -0.2) is 9.13 Å². The van der Waals surface area contributed by atoms with Crippen LogP contribution in [0.15, 0.2) is 134 Å². The van der Waals surface area contributed by atoms with Crippen LogP contribution in [0.1, 0.15) is 290 Å². The van der Waals surface area contributed by atoms with Gasteiger partial charge < -0.3 is 34.2 Å². The fourth-order valence-corrected chi connectivity index (χ4v) is 11.2. The van der Waals surface area contributed by atoms with Crippen molar-refractivity contribution >= 4 is 33.6 Å². The van der Waals surface area contributed by atoms with Crippen LogP contribution in [0.25, 0.3) is 0 Å². The molecule has 0 fully saturated rings. The number of carbonyl (C=O) groups excluding carboxylic acids is 3. The molecule has 556 valence electrons. The molecule has 0 spiro atoms. The first-order valence-electron chi connectivity index (χ1n) is 37.5. The molecule has 5 unspecified atom stereocenters. The summed E-state index contributed by atoms with van der Waals surface area (Å²) in [6.07, 6.45) is 84.9. The van der Waals surface area contributed by atoms with Crippen molar-refractivity contribution in [3.63, 3.8) is 0 Å². The van der Waals surface area contributed by atoms with Crippen LogP contribution in [0.5, 0.6) is 0 Å². The van der Waals surface area contributed by atoms with Gasteiger partial charge in [0.2, 0.25) is 0 Å². The maximum absolute atomic E-state index is 13.0. The quantitative estimate of drug-likeness (QED) is 0.0146. The van der Waals surface area contributed by atoms with Gasteiger partial charge in [-0.1, -0.05) is 264 Å². The zero-order valence-corrected chi connectivity index (χ0v) is 62.2. The van der Waals surface area contributed by atoms with Crippen molar-refractivity contribution in [3.05, 3.63) is 134 Å². The van der Waals surface area contributed by atoms with Crippen molar-refractivity contribution in [2.24, 2.45) is 0 Å². The molecule has 0 saturated carbocycles. The maximum atomic E-state index is 13.0. The summed E-state index contributed by atoms with van der Waals surface area (Å²) in [5.41, 5.74) is 0. The number of aliphatic hydroxyl groups is 2. The zero-order chi connectivity index (χ0) is 70.9. The van der Waals surface area contributed by atoms with E-state index in [0.29, 0.717) is 19.3 Å². The van der Waals surface area contributed by atoms with E-state index >= 15 is 0 Å². The summed E-state index contributed by atoms with van der Waals surface area (Å²) in [4.78, 5) is 58.6. The highest BCUT2D eigenvalue weighted by molar-refractivity contribution is 7.47. The lowest BCUT2D eigenvalue weighted by Crippen LogP contribution is -2.30. The normalized spacial score (nSPS) is 14.8. The number of hydrogen-bond donors (Lipinski definition) is 4. The highest BCUT2D eigenvalue weighted by Gasteiger charge is 2.29. The summed E-state index contributed by atoms with van der Waals surface area (Å²) in [6.45, 7) is 2.46. The van der Waals surface area contributed by atoms with Crippen molar-refractivity contribution in [2.75, 3.05) is 39.6 Å². The number of hydrogen-bond acceptors (Lipinski definition) is 14. The van der Waals surface area contributed by atoms with Gasteiger partial charge in [-0.15, -0.1) is 0 Å². The number of ether oxygens (including phenoxy) is 3. The van der Waals surface area contributed by atoms with Gasteiger partial charge in [0.1, 0.15) is 25.4 Å². The van der Waals surface area contributed by atoms with E-state index in [1.54, 1.807) is 0 Å². The molecular formula is C79H134O16P2. The molecule has 0 aromatic heterocycles. The number of phosphoric acid groups is 2. The van der Waals surface area contributed by atoms with Crippen LogP contribution in [0.3, 0.4) is 0 Å². The third-order valence-corrected chi connectivity index (χ3v) is 17.2. The fraction of sp³-hybridized carbons (Fsp3) is 0.684. The van der Waals surface area contributed by atoms with Gasteiger partial charge in [0, 0.05) is 19.3 Å². The lowest BCUT2D eigenvalue weighted by molar-refractivity contribution is -0.161. The first-order valence-corrected chi connectivity index (χ1v) is 40.5. The van der Waals surface area contributed by atoms with E-state index in [1.165, 1.54) is 51.4 Å². The van der Waals surface area contributed by atoms with Crippen molar-refractivity contribution in [3.8, 4) is 0 Å². The Labute approximate surface area is 588 Å². The van der Waals surface area contributed by atoms with Crippen LogP contribution >= 0.6 is 15.6 Å². The van der Waals surface area contributed by atoms with E-state index in [-0.39, 0.29) is 19.3 Å². The molecule has 0 aliphatic carbocycles. The molecule has 0 bridgehead atoms. The van der Waals surface area contributed by atoms with Crippen LogP contribution in [0.2, 0.25) is 0 Å². The topological polar surface area (TPSA) is 231 Å². The van der Waals surface area contributed by atoms with Gasteiger partial charge in [-0.3, -0.25) is 32.5 Å². The number of carbonyl (C=O) groups is 3. The van der Waals surface area contributed by atoms with E-state index in [0.717, 1.165) is 180 Å². The van der Waals surface area contributed by atoms with E-state index in [2.05, 4.69) is 154 Å². The molecule has 5 atom stereocenters. The maximum Gasteiger partial charge on any atom is 0.472 e.